The van der Waals surface area contributed by atoms with E-state index < -0.39 is 8.25 Å². The minimum absolute atomic E-state index is 0.330. The molecule has 0 aromatic carbocycles. The maximum absolute atomic E-state index is 11.2. The van der Waals surface area contributed by atoms with Gasteiger partial charge in [-0.3, -0.25) is 4.57 Å². The fraction of sp³-hybridized carbons (Fsp3) is 1.00. The quantitative estimate of drug-likeness (QED) is 0.395. The van der Waals surface area contributed by atoms with Crippen LogP contribution >= 0.6 is 8.25 Å². The molecule has 0 heterocycles. The van der Waals surface area contributed by atoms with E-state index in [0.717, 1.165) is 12.8 Å². The standard InChI is InChI=1S/C10H22FO3P/c1-2-3-4-5-6-7-8-9-10-13-15(12)14-11/h15H,2-10H2,1H3. The lowest BCUT2D eigenvalue weighted by molar-refractivity contribution is -0.0161. The molecule has 0 rings (SSSR count). The number of hydrogen-bond donors (Lipinski definition) is 0. The SMILES string of the molecule is CCCCCCCCCCO[PH](=O)OF. The molecule has 0 aromatic rings. The summed E-state index contributed by atoms with van der Waals surface area (Å²) in [7, 11) is -2.85. The van der Waals surface area contributed by atoms with Crippen molar-refractivity contribution in [2.45, 2.75) is 58.3 Å². The molecule has 1 unspecified atom stereocenters. The normalized spacial score (nSPS) is 12.9. The van der Waals surface area contributed by atoms with Crippen LogP contribution in [0.4, 0.5) is 4.53 Å². The average Bonchev–Trinajstić information content (AvgIpc) is 2.26. The highest BCUT2D eigenvalue weighted by Crippen LogP contribution is 2.24. The van der Waals surface area contributed by atoms with Crippen molar-refractivity contribution in [3.63, 3.8) is 0 Å². The van der Waals surface area contributed by atoms with Gasteiger partial charge in [0.05, 0.1) is 6.61 Å². The smallest absolute Gasteiger partial charge is 0.309 e. The van der Waals surface area contributed by atoms with E-state index in [1.165, 1.54) is 38.5 Å². The molecule has 1 atom stereocenters. The van der Waals surface area contributed by atoms with Gasteiger partial charge in [-0.15, -0.1) is 4.73 Å². The van der Waals surface area contributed by atoms with Gasteiger partial charge < -0.3 is 4.52 Å². The fourth-order valence-electron chi connectivity index (χ4n) is 1.41. The third-order valence-corrected chi connectivity index (χ3v) is 2.85. The van der Waals surface area contributed by atoms with Crippen molar-refractivity contribution in [3.05, 3.63) is 0 Å². The third kappa shape index (κ3) is 12.0. The minimum atomic E-state index is -2.85. The van der Waals surface area contributed by atoms with E-state index >= 15 is 0 Å². The van der Waals surface area contributed by atoms with E-state index in [9.17, 15) is 9.09 Å². The minimum Gasteiger partial charge on any atom is -0.309 e. The highest BCUT2D eigenvalue weighted by molar-refractivity contribution is 7.33. The first-order chi connectivity index (χ1) is 7.31. The molecule has 0 saturated carbocycles. The Morgan fingerprint density at radius 2 is 1.53 bits per heavy atom. The molecule has 92 valence electrons. The van der Waals surface area contributed by atoms with E-state index in [4.69, 9.17) is 0 Å². The van der Waals surface area contributed by atoms with Crippen LogP contribution < -0.4 is 0 Å². The predicted octanol–water partition coefficient (Wildman–Crippen LogP) is 4.43. The Morgan fingerprint density at radius 3 is 2.07 bits per heavy atom. The Labute approximate surface area is 92.2 Å². The lowest BCUT2D eigenvalue weighted by Gasteiger charge is -2.01. The summed E-state index contributed by atoms with van der Waals surface area (Å²) in [6.07, 6.45) is 9.49. The lowest BCUT2D eigenvalue weighted by Crippen LogP contribution is -1.87. The largest absolute Gasteiger partial charge is 0.352 e. The molecule has 0 aromatic heterocycles. The maximum Gasteiger partial charge on any atom is 0.352 e. The van der Waals surface area contributed by atoms with Gasteiger partial charge in [-0.1, -0.05) is 51.9 Å². The van der Waals surface area contributed by atoms with Gasteiger partial charge in [0.25, 0.3) is 0 Å². The number of unbranched alkanes of at least 4 members (excludes halogenated alkanes) is 7. The molecule has 0 radical (unpaired) electrons. The first-order valence-corrected chi connectivity index (χ1v) is 6.99. The van der Waals surface area contributed by atoms with Crippen molar-refractivity contribution in [2.75, 3.05) is 6.61 Å². The average molecular weight is 240 g/mol. The van der Waals surface area contributed by atoms with Gasteiger partial charge in [-0.05, 0) is 10.9 Å². The van der Waals surface area contributed by atoms with Gasteiger partial charge >= 0.3 is 8.25 Å². The third-order valence-electron chi connectivity index (χ3n) is 2.28. The fourth-order valence-corrected chi connectivity index (χ4v) is 1.77. The van der Waals surface area contributed by atoms with E-state index in [1.807, 2.05) is 0 Å². The zero-order valence-corrected chi connectivity index (χ0v) is 10.5. The summed E-state index contributed by atoms with van der Waals surface area (Å²) in [5.41, 5.74) is 0. The number of halogens is 1. The van der Waals surface area contributed by atoms with Crippen molar-refractivity contribution in [1.82, 2.24) is 0 Å². The summed E-state index contributed by atoms with van der Waals surface area (Å²) in [5, 5.41) is 0. The number of rotatable bonds is 11. The lowest BCUT2D eigenvalue weighted by atomic mass is 10.1. The van der Waals surface area contributed by atoms with Crippen LogP contribution in [0.2, 0.25) is 0 Å². The monoisotopic (exact) mass is 240 g/mol. The van der Waals surface area contributed by atoms with Crippen LogP contribution in [0, 0.1) is 0 Å². The molecule has 0 aliphatic carbocycles. The van der Waals surface area contributed by atoms with Crippen LogP contribution in [0.1, 0.15) is 58.3 Å². The Balaban J connectivity index is 2.95. The van der Waals surface area contributed by atoms with E-state index in [0.29, 0.717) is 6.61 Å². The van der Waals surface area contributed by atoms with Crippen LogP contribution in [-0.4, -0.2) is 6.61 Å². The molecule has 3 nitrogen and oxygen atoms in total. The zero-order valence-electron chi connectivity index (χ0n) is 9.47. The second kappa shape index (κ2) is 12.2. The molecule has 0 saturated heterocycles. The molecule has 5 heteroatoms. The van der Waals surface area contributed by atoms with Crippen LogP contribution in [0.3, 0.4) is 0 Å². The van der Waals surface area contributed by atoms with Gasteiger partial charge in [-0.2, -0.15) is 0 Å². The predicted molar refractivity (Wildman–Crippen MR) is 59.8 cm³/mol. The van der Waals surface area contributed by atoms with Crippen LogP contribution in [-0.2, 0) is 13.8 Å². The molecule has 0 N–H and O–H groups in total. The Morgan fingerprint density at radius 1 is 1.00 bits per heavy atom. The van der Waals surface area contributed by atoms with E-state index in [1.54, 1.807) is 0 Å². The molecular formula is C10H22FO3P. The molecule has 0 aliphatic heterocycles. The highest BCUT2D eigenvalue weighted by Gasteiger charge is 1.98. The zero-order chi connectivity index (χ0) is 11.4. The van der Waals surface area contributed by atoms with Gasteiger partial charge in [-0.25, -0.2) is 0 Å². The summed E-state index contributed by atoms with van der Waals surface area (Å²) >= 11 is 0. The second-order valence-corrected chi connectivity index (χ2v) is 4.59. The van der Waals surface area contributed by atoms with Crippen molar-refractivity contribution in [3.8, 4) is 0 Å². The van der Waals surface area contributed by atoms with Crippen LogP contribution in [0.15, 0.2) is 0 Å². The van der Waals surface area contributed by atoms with Gasteiger partial charge in [0, 0.05) is 0 Å². The van der Waals surface area contributed by atoms with E-state index in [-0.39, 0.29) is 0 Å². The maximum atomic E-state index is 11.2. The summed E-state index contributed by atoms with van der Waals surface area (Å²) < 4.78 is 29.3. The van der Waals surface area contributed by atoms with E-state index in [2.05, 4.69) is 16.2 Å². The topological polar surface area (TPSA) is 35.5 Å². The van der Waals surface area contributed by atoms with Gasteiger partial charge in [0.2, 0.25) is 0 Å². The first-order valence-electron chi connectivity index (χ1n) is 5.76. The van der Waals surface area contributed by atoms with Crippen molar-refractivity contribution >= 4 is 8.25 Å². The van der Waals surface area contributed by atoms with Crippen LogP contribution in [0.5, 0.6) is 0 Å². The second-order valence-electron chi connectivity index (χ2n) is 3.65. The van der Waals surface area contributed by atoms with Gasteiger partial charge in [0.15, 0.2) is 0 Å². The molecule has 0 fully saturated rings. The molecule has 0 aliphatic rings. The Kier molecular flexibility index (Phi) is 12.2. The summed E-state index contributed by atoms with van der Waals surface area (Å²) in [6, 6.07) is 0. The summed E-state index contributed by atoms with van der Waals surface area (Å²) in [5.74, 6) is 0. The molecule has 0 amide bonds. The van der Waals surface area contributed by atoms with Crippen LogP contribution in [0.25, 0.3) is 0 Å². The first kappa shape index (κ1) is 15.1. The number of hydrogen-bond acceptors (Lipinski definition) is 3. The van der Waals surface area contributed by atoms with Crippen molar-refractivity contribution in [1.29, 1.82) is 0 Å². The van der Waals surface area contributed by atoms with Crippen molar-refractivity contribution < 1.29 is 18.3 Å². The van der Waals surface area contributed by atoms with Gasteiger partial charge in [0.1, 0.15) is 0 Å². The highest BCUT2D eigenvalue weighted by atomic mass is 31.1. The summed E-state index contributed by atoms with van der Waals surface area (Å²) in [6.45, 7) is 2.53. The molecular weight excluding hydrogens is 218 g/mol. The van der Waals surface area contributed by atoms with Crippen molar-refractivity contribution in [2.24, 2.45) is 0 Å². The molecule has 15 heavy (non-hydrogen) atoms. The Hall–Kier alpha value is 0.0800. The molecule has 0 spiro atoms. The summed E-state index contributed by atoms with van der Waals surface area (Å²) in [4.78, 5) is 0. The molecule has 0 bridgehead atoms. The Bertz CT molecular complexity index is 156.